The summed E-state index contributed by atoms with van der Waals surface area (Å²) < 4.78 is 40.6. The normalized spacial score (nSPS) is 11.3. The molecule has 10 heteroatoms. The van der Waals surface area contributed by atoms with Crippen molar-refractivity contribution in [2.45, 2.75) is 11.6 Å². The fourth-order valence-electron chi connectivity index (χ4n) is 1.55. The molecular weight excluding hydrogens is 305 g/mol. The van der Waals surface area contributed by atoms with Gasteiger partial charge in [-0.05, 0) is 18.2 Å². The van der Waals surface area contributed by atoms with E-state index < -0.39 is 25.9 Å². The van der Waals surface area contributed by atoms with Gasteiger partial charge >= 0.3 is 0 Å². The van der Waals surface area contributed by atoms with Gasteiger partial charge in [0.2, 0.25) is 5.09 Å². The van der Waals surface area contributed by atoms with E-state index in [2.05, 4.69) is 5.32 Å². The summed E-state index contributed by atoms with van der Waals surface area (Å²) in [5, 5.41) is 17.6. The number of nitrogens with one attached hydrogen (secondary N) is 1. The molecule has 0 fully saturated rings. The number of hydrogen-bond donors (Lipinski definition) is 2. The smallest absolute Gasteiger partial charge is 0.272 e. The first-order chi connectivity index (χ1) is 9.77. The van der Waals surface area contributed by atoms with E-state index in [1.54, 1.807) is 0 Å². The highest BCUT2D eigenvalue weighted by atomic mass is 32.2. The minimum atomic E-state index is -3.93. The van der Waals surface area contributed by atoms with Crippen LogP contribution in [0.1, 0.15) is 5.76 Å². The summed E-state index contributed by atoms with van der Waals surface area (Å²) in [5.74, 6) is -0.584. The lowest BCUT2D eigenvalue weighted by atomic mass is 10.2. The molecule has 8 nitrogen and oxygen atoms in total. The van der Waals surface area contributed by atoms with E-state index >= 15 is 0 Å². The number of nitro benzene ring substituents is 1. The highest BCUT2D eigenvalue weighted by molar-refractivity contribution is 7.89. The summed E-state index contributed by atoms with van der Waals surface area (Å²) in [6.07, 6.45) is 0. The molecule has 21 heavy (non-hydrogen) atoms. The summed E-state index contributed by atoms with van der Waals surface area (Å²) in [4.78, 5) is 9.76. The maximum atomic E-state index is 13.6. The maximum absolute atomic E-state index is 13.6. The zero-order chi connectivity index (χ0) is 15.6. The molecule has 0 unspecified atom stereocenters. The van der Waals surface area contributed by atoms with Gasteiger partial charge in [-0.1, -0.05) is 0 Å². The van der Waals surface area contributed by atoms with Crippen LogP contribution in [0.5, 0.6) is 0 Å². The second-order valence-electron chi connectivity index (χ2n) is 4.04. The van der Waals surface area contributed by atoms with Crippen molar-refractivity contribution in [3.05, 3.63) is 52.0 Å². The topological polar surface area (TPSA) is 128 Å². The predicted molar refractivity (Wildman–Crippen MR) is 70.5 cm³/mol. The molecule has 0 aliphatic heterocycles. The summed E-state index contributed by atoms with van der Waals surface area (Å²) in [6.45, 7) is -0.00967. The monoisotopic (exact) mass is 315 g/mol. The van der Waals surface area contributed by atoms with Gasteiger partial charge < -0.3 is 9.73 Å². The number of nitro groups is 1. The molecule has 0 aliphatic rings. The molecule has 1 aromatic heterocycles. The standard InChI is InChI=1S/C11H10FN3O5S/c12-9-5-7(15(16)17)1-3-10(9)14-6-8-2-4-11(20-8)21(13,18)19/h1-5,14H,6H2,(H2,13,18,19). The molecule has 0 radical (unpaired) electrons. The van der Waals surface area contributed by atoms with E-state index in [1.165, 1.54) is 18.2 Å². The first-order valence-electron chi connectivity index (χ1n) is 5.56. The van der Waals surface area contributed by atoms with Crippen LogP contribution in [-0.4, -0.2) is 13.3 Å². The molecule has 0 saturated carbocycles. The first kappa shape index (κ1) is 14.9. The van der Waals surface area contributed by atoms with E-state index in [0.29, 0.717) is 0 Å². The van der Waals surface area contributed by atoms with Crippen LogP contribution in [0.25, 0.3) is 0 Å². The minimum absolute atomic E-state index is 0.00967. The fraction of sp³-hybridized carbons (Fsp3) is 0.0909. The van der Waals surface area contributed by atoms with Gasteiger partial charge in [-0.2, -0.15) is 0 Å². The Bertz CT molecular complexity index is 787. The average Bonchev–Trinajstić information content (AvgIpc) is 2.85. The van der Waals surface area contributed by atoms with Gasteiger partial charge in [0.25, 0.3) is 15.7 Å². The van der Waals surface area contributed by atoms with Crippen LogP contribution in [0.4, 0.5) is 15.8 Å². The van der Waals surface area contributed by atoms with E-state index in [4.69, 9.17) is 9.56 Å². The molecule has 2 rings (SSSR count). The van der Waals surface area contributed by atoms with Crippen LogP contribution in [0.3, 0.4) is 0 Å². The Kier molecular flexibility index (Phi) is 3.91. The lowest BCUT2D eigenvalue weighted by Crippen LogP contribution is -2.10. The summed E-state index contributed by atoms with van der Waals surface area (Å²) >= 11 is 0. The van der Waals surface area contributed by atoms with Crippen LogP contribution in [0.2, 0.25) is 0 Å². The minimum Gasteiger partial charge on any atom is -0.446 e. The lowest BCUT2D eigenvalue weighted by molar-refractivity contribution is -0.385. The van der Waals surface area contributed by atoms with Crippen molar-refractivity contribution < 1.29 is 22.1 Å². The zero-order valence-electron chi connectivity index (χ0n) is 10.4. The molecule has 0 saturated heterocycles. The highest BCUT2D eigenvalue weighted by Gasteiger charge is 2.14. The van der Waals surface area contributed by atoms with Gasteiger partial charge in [-0.25, -0.2) is 17.9 Å². The Morgan fingerprint density at radius 1 is 1.33 bits per heavy atom. The zero-order valence-corrected chi connectivity index (χ0v) is 11.3. The van der Waals surface area contributed by atoms with Crippen LogP contribution in [0.15, 0.2) is 39.8 Å². The molecule has 0 atom stereocenters. The number of furan rings is 1. The van der Waals surface area contributed by atoms with Crippen molar-refractivity contribution in [3.63, 3.8) is 0 Å². The Morgan fingerprint density at radius 3 is 2.57 bits per heavy atom. The van der Waals surface area contributed by atoms with Crippen molar-refractivity contribution >= 4 is 21.4 Å². The van der Waals surface area contributed by atoms with Gasteiger partial charge in [0.15, 0.2) is 5.82 Å². The highest BCUT2D eigenvalue weighted by Crippen LogP contribution is 2.21. The third-order valence-electron chi connectivity index (χ3n) is 2.53. The fourth-order valence-corrected chi connectivity index (χ4v) is 2.03. The Hall–Kier alpha value is -2.46. The number of halogens is 1. The number of primary sulfonamides is 1. The molecule has 3 N–H and O–H groups in total. The Labute approximate surface area is 118 Å². The number of anilines is 1. The third-order valence-corrected chi connectivity index (χ3v) is 3.31. The Morgan fingerprint density at radius 2 is 2.05 bits per heavy atom. The number of hydrogen-bond acceptors (Lipinski definition) is 6. The van der Waals surface area contributed by atoms with Crippen LogP contribution < -0.4 is 10.5 Å². The molecule has 0 aliphatic carbocycles. The van der Waals surface area contributed by atoms with Crippen molar-refractivity contribution in [1.82, 2.24) is 0 Å². The van der Waals surface area contributed by atoms with Crippen LogP contribution >= 0.6 is 0 Å². The Balaban J connectivity index is 2.10. The second-order valence-corrected chi connectivity index (χ2v) is 5.53. The SMILES string of the molecule is NS(=O)(=O)c1ccc(CNc2ccc([N+](=O)[O-])cc2F)o1. The summed E-state index contributed by atoms with van der Waals surface area (Å²) in [7, 11) is -3.93. The molecule has 0 spiro atoms. The van der Waals surface area contributed by atoms with E-state index in [9.17, 15) is 22.9 Å². The van der Waals surface area contributed by atoms with Gasteiger partial charge in [0.05, 0.1) is 23.2 Å². The van der Waals surface area contributed by atoms with Crippen molar-refractivity contribution in [1.29, 1.82) is 0 Å². The van der Waals surface area contributed by atoms with Crippen molar-refractivity contribution in [2.24, 2.45) is 5.14 Å². The van der Waals surface area contributed by atoms with Crippen molar-refractivity contribution in [2.75, 3.05) is 5.32 Å². The van der Waals surface area contributed by atoms with Gasteiger partial charge in [0.1, 0.15) is 5.76 Å². The largest absolute Gasteiger partial charge is 0.446 e. The summed E-state index contributed by atoms with van der Waals surface area (Å²) in [6, 6.07) is 5.68. The molecule has 112 valence electrons. The number of rotatable bonds is 5. The second kappa shape index (κ2) is 5.50. The van der Waals surface area contributed by atoms with E-state index in [0.717, 1.165) is 12.1 Å². The third kappa shape index (κ3) is 3.55. The average molecular weight is 315 g/mol. The number of non-ortho nitro benzene ring substituents is 1. The van der Waals surface area contributed by atoms with Crippen LogP contribution in [-0.2, 0) is 16.6 Å². The van der Waals surface area contributed by atoms with E-state index in [1.807, 2.05) is 0 Å². The number of nitrogens with two attached hydrogens (primary N) is 1. The van der Waals surface area contributed by atoms with Gasteiger partial charge in [-0.15, -0.1) is 0 Å². The molecule has 0 bridgehead atoms. The quantitative estimate of drug-likeness (QED) is 0.636. The van der Waals surface area contributed by atoms with Crippen LogP contribution in [0, 0.1) is 15.9 Å². The molecule has 1 heterocycles. The first-order valence-corrected chi connectivity index (χ1v) is 7.11. The number of benzene rings is 1. The molecule has 0 amide bonds. The van der Waals surface area contributed by atoms with Crippen molar-refractivity contribution in [3.8, 4) is 0 Å². The van der Waals surface area contributed by atoms with Gasteiger partial charge in [0, 0.05) is 6.07 Å². The lowest BCUT2D eigenvalue weighted by Gasteiger charge is -2.05. The molecular formula is C11H10FN3O5S. The number of nitrogens with zero attached hydrogens (tertiary/aromatic N) is 1. The maximum Gasteiger partial charge on any atom is 0.272 e. The predicted octanol–water partition coefficient (Wildman–Crippen LogP) is 1.59. The van der Waals surface area contributed by atoms with Gasteiger partial charge in [-0.3, -0.25) is 10.1 Å². The molecule has 2 aromatic rings. The summed E-state index contributed by atoms with van der Waals surface area (Å²) in [5.41, 5.74) is -0.346. The van der Waals surface area contributed by atoms with E-state index in [-0.39, 0.29) is 23.7 Å². The number of sulfonamides is 1. The molecule has 1 aromatic carbocycles.